The Hall–Kier alpha value is -3.53. The van der Waals surface area contributed by atoms with Gasteiger partial charge in [-0.05, 0) is 26.3 Å². The number of hydrogen-bond donors (Lipinski definition) is 1. The molecule has 2 aliphatic rings. The second kappa shape index (κ2) is 7.80. The van der Waals surface area contributed by atoms with Gasteiger partial charge in [-0.15, -0.1) is 0 Å². The molecule has 2 aliphatic heterocycles. The standard InChI is InChI=1S/C23H22F2N4O4/c1-12-5-6-33-19-11-28-9-16(21(30)22(31)20(28)23(32)29(12)19)18-10-27(13(2)26-18)8-14-3-4-15(24)7-17(14)25/h3-4,7,9-10,12,19,31H,5-6,8,11H2,1-2H3/t12-,19+/m1/s1. The molecule has 3 aromatic rings. The molecule has 10 heteroatoms. The number of aromatic hydroxyl groups is 1. The first-order chi connectivity index (χ1) is 15.7. The number of fused-ring (bicyclic) bond motifs is 2. The van der Waals surface area contributed by atoms with Crippen molar-refractivity contribution in [3.05, 3.63) is 69.5 Å². The molecule has 1 aromatic carbocycles. The normalized spacial score (nSPS) is 20.0. The molecule has 4 heterocycles. The summed E-state index contributed by atoms with van der Waals surface area (Å²) >= 11 is 0. The fourth-order valence-corrected chi connectivity index (χ4v) is 4.47. The number of ether oxygens (including phenoxy) is 1. The smallest absolute Gasteiger partial charge is 0.276 e. The maximum atomic E-state index is 14.1. The first-order valence-corrected chi connectivity index (χ1v) is 10.6. The average molecular weight is 456 g/mol. The summed E-state index contributed by atoms with van der Waals surface area (Å²) in [4.78, 5) is 32.0. The van der Waals surface area contributed by atoms with E-state index in [-0.39, 0.29) is 41.6 Å². The molecule has 0 saturated carbocycles. The Morgan fingerprint density at radius 2 is 2.03 bits per heavy atom. The lowest BCUT2D eigenvalue weighted by Gasteiger charge is -2.44. The zero-order valence-electron chi connectivity index (χ0n) is 18.1. The van der Waals surface area contributed by atoms with Crippen molar-refractivity contribution in [3.8, 4) is 17.0 Å². The second-order valence-corrected chi connectivity index (χ2v) is 8.43. The number of carbonyl (C=O) groups is 1. The number of rotatable bonds is 3. The maximum absolute atomic E-state index is 14.1. The van der Waals surface area contributed by atoms with Crippen LogP contribution < -0.4 is 5.43 Å². The van der Waals surface area contributed by atoms with Gasteiger partial charge in [-0.3, -0.25) is 9.59 Å². The van der Waals surface area contributed by atoms with Gasteiger partial charge in [-0.25, -0.2) is 13.8 Å². The van der Waals surface area contributed by atoms with Crippen molar-refractivity contribution in [1.82, 2.24) is 19.0 Å². The fourth-order valence-electron chi connectivity index (χ4n) is 4.47. The molecule has 0 radical (unpaired) electrons. The molecule has 1 N–H and O–H groups in total. The first-order valence-electron chi connectivity index (χ1n) is 10.6. The first kappa shape index (κ1) is 21.3. The van der Waals surface area contributed by atoms with Crippen LogP contribution in [-0.4, -0.2) is 48.9 Å². The molecule has 2 aromatic heterocycles. The summed E-state index contributed by atoms with van der Waals surface area (Å²) < 4.78 is 36.2. The van der Waals surface area contributed by atoms with E-state index < -0.39 is 34.9 Å². The van der Waals surface area contributed by atoms with Crippen molar-refractivity contribution in [2.24, 2.45) is 0 Å². The van der Waals surface area contributed by atoms with Gasteiger partial charge in [0.25, 0.3) is 5.91 Å². The Kier molecular flexibility index (Phi) is 5.04. The number of pyridine rings is 1. The highest BCUT2D eigenvalue weighted by atomic mass is 19.1. The molecule has 172 valence electrons. The Bertz CT molecular complexity index is 1330. The Morgan fingerprint density at radius 3 is 2.79 bits per heavy atom. The number of hydrogen-bond acceptors (Lipinski definition) is 5. The van der Waals surface area contributed by atoms with Crippen LogP contribution in [0.25, 0.3) is 11.3 Å². The average Bonchev–Trinajstić information content (AvgIpc) is 3.12. The zero-order valence-corrected chi connectivity index (χ0v) is 18.1. The van der Waals surface area contributed by atoms with Crippen LogP contribution in [0.3, 0.4) is 0 Å². The minimum absolute atomic E-state index is 0.0654. The van der Waals surface area contributed by atoms with Gasteiger partial charge in [0.05, 0.1) is 31.0 Å². The predicted octanol–water partition coefficient (Wildman–Crippen LogP) is 2.64. The molecule has 0 spiro atoms. The number of amides is 1. The molecule has 33 heavy (non-hydrogen) atoms. The zero-order chi connectivity index (χ0) is 23.4. The molecular formula is C23H22F2N4O4. The second-order valence-electron chi connectivity index (χ2n) is 8.43. The van der Waals surface area contributed by atoms with Crippen LogP contribution in [0.5, 0.6) is 5.75 Å². The van der Waals surface area contributed by atoms with Gasteiger partial charge < -0.3 is 23.9 Å². The third kappa shape index (κ3) is 3.50. The molecule has 0 bridgehead atoms. The number of carbonyl (C=O) groups excluding carboxylic acids is 1. The van der Waals surface area contributed by atoms with Gasteiger partial charge >= 0.3 is 0 Å². The largest absolute Gasteiger partial charge is 0.503 e. The number of imidazole rings is 1. The lowest BCUT2D eigenvalue weighted by molar-refractivity contribution is -0.112. The van der Waals surface area contributed by atoms with Gasteiger partial charge in [0.2, 0.25) is 5.43 Å². The monoisotopic (exact) mass is 456 g/mol. The summed E-state index contributed by atoms with van der Waals surface area (Å²) in [5.74, 6) is -1.93. The van der Waals surface area contributed by atoms with E-state index in [1.807, 2.05) is 6.92 Å². The summed E-state index contributed by atoms with van der Waals surface area (Å²) in [5, 5.41) is 10.7. The van der Waals surface area contributed by atoms with E-state index >= 15 is 0 Å². The number of aromatic nitrogens is 3. The summed E-state index contributed by atoms with van der Waals surface area (Å²) in [6, 6.07) is 3.27. The van der Waals surface area contributed by atoms with Gasteiger partial charge in [0.15, 0.2) is 17.7 Å². The fraction of sp³-hybridized carbons (Fsp3) is 0.348. The van der Waals surface area contributed by atoms with E-state index in [1.54, 1.807) is 22.6 Å². The quantitative estimate of drug-likeness (QED) is 0.655. The van der Waals surface area contributed by atoms with Gasteiger partial charge in [-0.2, -0.15) is 0 Å². The van der Waals surface area contributed by atoms with Crippen LogP contribution in [0.2, 0.25) is 0 Å². The van der Waals surface area contributed by atoms with Crippen LogP contribution in [0, 0.1) is 18.6 Å². The van der Waals surface area contributed by atoms with Crippen LogP contribution in [0.4, 0.5) is 8.78 Å². The van der Waals surface area contributed by atoms with Gasteiger partial charge in [-0.1, -0.05) is 6.07 Å². The Balaban J connectivity index is 1.54. The van der Waals surface area contributed by atoms with E-state index in [0.717, 1.165) is 6.07 Å². The third-order valence-corrected chi connectivity index (χ3v) is 6.28. The van der Waals surface area contributed by atoms with Crippen LogP contribution in [0.1, 0.15) is 35.2 Å². The van der Waals surface area contributed by atoms with Crippen molar-refractivity contribution < 1.29 is 23.4 Å². The number of aryl methyl sites for hydroxylation is 1. The lowest BCUT2D eigenvalue weighted by Crippen LogP contribution is -2.56. The topological polar surface area (TPSA) is 89.6 Å². The molecule has 1 saturated heterocycles. The van der Waals surface area contributed by atoms with Crippen LogP contribution in [-0.2, 0) is 17.8 Å². The molecule has 1 fully saturated rings. The SMILES string of the molecule is Cc1nc(-c2cn3c(c(O)c2=O)C(=O)N2[C@H](C)CCO[C@H]2C3)cn1Cc1ccc(F)cc1F. The minimum atomic E-state index is -0.712. The van der Waals surface area contributed by atoms with Crippen molar-refractivity contribution in [2.75, 3.05) is 6.61 Å². The third-order valence-electron chi connectivity index (χ3n) is 6.28. The highest BCUT2D eigenvalue weighted by Gasteiger charge is 2.40. The summed E-state index contributed by atoms with van der Waals surface area (Å²) in [6.45, 7) is 4.48. The van der Waals surface area contributed by atoms with E-state index in [4.69, 9.17) is 4.74 Å². The molecule has 0 aliphatic carbocycles. The molecule has 5 rings (SSSR count). The van der Waals surface area contributed by atoms with Gasteiger partial charge in [0.1, 0.15) is 17.5 Å². The Morgan fingerprint density at radius 1 is 1.24 bits per heavy atom. The van der Waals surface area contributed by atoms with Gasteiger partial charge in [0, 0.05) is 30.1 Å². The number of benzene rings is 1. The van der Waals surface area contributed by atoms with Crippen molar-refractivity contribution in [2.45, 2.75) is 45.6 Å². The van der Waals surface area contributed by atoms with E-state index in [2.05, 4.69) is 4.98 Å². The van der Waals surface area contributed by atoms with Crippen LogP contribution >= 0.6 is 0 Å². The number of nitrogens with zero attached hydrogens (tertiary/aromatic N) is 4. The van der Waals surface area contributed by atoms with E-state index in [9.17, 15) is 23.5 Å². The molecule has 8 nitrogen and oxygen atoms in total. The van der Waals surface area contributed by atoms with Crippen molar-refractivity contribution >= 4 is 5.91 Å². The van der Waals surface area contributed by atoms with Crippen LogP contribution in [0.15, 0.2) is 35.4 Å². The van der Waals surface area contributed by atoms with E-state index in [0.29, 0.717) is 18.9 Å². The highest BCUT2D eigenvalue weighted by molar-refractivity contribution is 5.96. The predicted molar refractivity (Wildman–Crippen MR) is 114 cm³/mol. The molecule has 1 amide bonds. The maximum Gasteiger partial charge on any atom is 0.276 e. The van der Waals surface area contributed by atoms with E-state index in [1.165, 1.54) is 22.9 Å². The summed E-state index contributed by atoms with van der Waals surface area (Å²) in [5.41, 5.74) is -0.123. The lowest BCUT2D eigenvalue weighted by atomic mass is 10.1. The number of halogens is 2. The highest BCUT2D eigenvalue weighted by Crippen LogP contribution is 2.31. The molecule has 0 unspecified atom stereocenters. The molecule has 2 atom stereocenters. The summed E-state index contributed by atoms with van der Waals surface area (Å²) in [6.07, 6.45) is 3.26. The minimum Gasteiger partial charge on any atom is -0.503 e. The van der Waals surface area contributed by atoms with Crippen molar-refractivity contribution in [1.29, 1.82) is 0 Å². The summed E-state index contributed by atoms with van der Waals surface area (Å²) in [7, 11) is 0. The van der Waals surface area contributed by atoms with Crippen molar-refractivity contribution in [3.63, 3.8) is 0 Å². The Labute approximate surface area is 187 Å². The molecular weight excluding hydrogens is 434 g/mol.